The normalized spacial score (nSPS) is 11.6. The van der Waals surface area contributed by atoms with E-state index in [2.05, 4.69) is 30.8 Å². The van der Waals surface area contributed by atoms with Crippen LogP contribution in [0.2, 0.25) is 0 Å². The summed E-state index contributed by atoms with van der Waals surface area (Å²) in [6.07, 6.45) is 1.56. The van der Waals surface area contributed by atoms with E-state index in [1.807, 2.05) is 0 Å². The smallest absolute Gasteiger partial charge is 0.263 e. The molecule has 0 aliphatic rings. The molecule has 86 valence electrons. The molecule has 0 unspecified atom stereocenters. The number of rotatable bonds is 3. The minimum Gasteiger partial charge on any atom is -0.263 e. The number of sulfonamides is 1. The molecule has 0 aliphatic heterocycles. The highest BCUT2D eigenvalue weighted by atomic mass is 79.9. The van der Waals surface area contributed by atoms with Gasteiger partial charge in [-0.2, -0.15) is 5.10 Å². The average Bonchev–Trinajstić information content (AvgIpc) is 2.76. The lowest BCUT2D eigenvalue weighted by Gasteiger charge is -2.05. The lowest BCUT2D eigenvalue weighted by molar-refractivity contribution is 0.602. The standard InChI is InChI=1S/C8H8BrN3O2S2/c1-5-4-10-11-7(5)12-16(13,14)8-6(9)2-3-15-8/h2-4H,1H3,(H2,10,11,12). The summed E-state index contributed by atoms with van der Waals surface area (Å²) in [6, 6.07) is 1.69. The summed E-state index contributed by atoms with van der Waals surface area (Å²) in [5.74, 6) is 0.389. The summed E-state index contributed by atoms with van der Waals surface area (Å²) in [6.45, 7) is 1.77. The average molecular weight is 322 g/mol. The third kappa shape index (κ3) is 2.13. The van der Waals surface area contributed by atoms with Crippen LogP contribution < -0.4 is 4.72 Å². The van der Waals surface area contributed by atoms with Crippen LogP contribution in [0.4, 0.5) is 5.82 Å². The molecular formula is C8H8BrN3O2S2. The number of hydrogen-bond acceptors (Lipinski definition) is 4. The Kier molecular flexibility index (Phi) is 3.04. The Balaban J connectivity index is 2.36. The molecule has 0 atom stereocenters. The van der Waals surface area contributed by atoms with Gasteiger partial charge >= 0.3 is 0 Å². The van der Waals surface area contributed by atoms with E-state index in [9.17, 15) is 8.42 Å². The Bertz CT molecular complexity index is 602. The Morgan fingerprint density at radius 1 is 1.56 bits per heavy atom. The summed E-state index contributed by atoms with van der Waals surface area (Å²) in [4.78, 5) is 0. The van der Waals surface area contributed by atoms with Gasteiger partial charge in [0.1, 0.15) is 5.82 Å². The molecule has 2 rings (SSSR count). The molecule has 8 heteroatoms. The molecule has 0 bridgehead atoms. The number of halogens is 1. The van der Waals surface area contributed by atoms with Gasteiger partial charge in [0.15, 0.2) is 4.21 Å². The van der Waals surface area contributed by atoms with Crippen molar-refractivity contribution < 1.29 is 8.42 Å². The minimum atomic E-state index is -3.54. The molecule has 5 nitrogen and oxygen atoms in total. The number of aryl methyl sites for hydroxylation is 1. The van der Waals surface area contributed by atoms with Gasteiger partial charge < -0.3 is 0 Å². The lowest BCUT2D eigenvalue weighted by Crippen LogP contribution is -2.12. The Labute approximate surface area is 105 Å². The first-order valence-electron chi connectivity index (χ1n) is 4.26. The van der Waals surface area contributed by atoms with E-state index < -0.39 is 10.0 Å². The maximum atomic E-state index is 12.0. The summed E-state index contributed by atoms with van der Waals surface area (Å²) >= 11 is 4.34. The monoisotopic (exact) mass is 321 g/mol. The van der Waals surface area contributed by atoms with Crippen molar-refractivity contribution in [2.75, 3.05) is 4.72 Å². The fourth-order valence-electron chi connectivity index (χ4n) is 1.10. The number of H-pyrrole nitrogens is 1. The first kappa shape index (κ1) is 11.6. The number of aromatic nitrogens is 2. The number of anilines is 1. The van der Waals surface area contributed by atoms with Gasteiger partial charge in [0.25, 0.3) is 10.0 Å². The lowest BCUT2D eigenvalue weighted by atomic mass is 10.4. The van der Waals surface area contributed by atoms with Crippen LogP contribution in [0, 0.1) is 6.92 Å². The Morgan fingerprint density at radius 3 is 2.81 bits per heavy atom. The van der Waals surface area contributed by atoms with Crippen LogP contribution >= 0.6 is 27.3 Å². The van der Waals surface area contributed by atoms with Gasteiger partial charge in [0.2, 0.25) is 0 Å². The van der Waals surface area contributed by atoms with Crippen LogP contribution in [0.25, 0.3) is 0 Å². The molecule has 0 fully saturated rings. The molecule has 0 saturated carbocycles. The second-order valence-corrected chi connectivity index (χ2v) is 6.74. The molecule has 0 radical (unpaired) electrons. The topological polar surface area (TPSA) is 74.8 Å². The summed E-state index contributed by atoms with van der Waals surface area (Å²) in [5.41, 5.74) is 0.747. The summed E-state index contributed by atoms with van der Waals surface area (Å²) < 4.78 is 27.2. The molecule has 0 spiro atoms. The van der Waals surface area contributed by atoms with Gasteiger partial charge in [-0.1, -0.05) is 0 Å². The van der Waals surface area contributed by atoms with Gasteiger partial charge in [0.05, 0.1) is 6.20 Å². The molecule has 2 aromatic heterocycles. The van der Waals surface area contributed by atoms with Crippen LogP contribution in [0.3, 0.4) is 0 Å². The fourth-order valence-corrected chi connectivity index (χ4v) is 4.53. The predicted molar refractivity (Wildman–Crippen MR) is 66.2 cm³/mol. The number of thiophene rings is 1. The van der Waals surface area contributed by atoms with Crippen molar-refractivity contribution in [1.82, 2.24) is 10.2 Å². The maximum absolute atomic E-state index is 12.0. The molecule has 0 aromatic carbocycles. The largest absolute Gasteiger partial charge is 0.273 e. The van der Waals surface area contributed by atoms with Gasteiger partial charge in [-0.3, -0.25) is 9.82 Å². The predicted octanol–water partition coefficient (Wildman–Crippen LogP) is 2.34. The quantitative estimate of drug-likeness (QED) is 0.911. The third-order valence-corrected chi connectivity index (χ3v) is 5.91. The van der Waals surface area contributed by atoms with E-state index >= 15 is 0 Å². The molecule has 16 heavy (non-hydrogen) atoms. The Hall–Kier alpha value is -0.860. The van der Waals surface area contributed by atoms with Crippen LogP contribution in [-0.4, -0.2) is 18.6 Å². The molecule has 2 N–H and O–H groups in total. The highest BCUT2D eigenvalue weighted by molar-refractivity contribution is 9.10. The van der Waals surface area contributed by atoms with Crippen LogP contribution in [0.5, 0.6) is 0 Å². The van der Waals surface area contributed by atoms with E-state index in [1.165, 1.54) is 0 Å². The third-order valence-electron chi connectivity index (χ3n) is 1.89. The van der Waals surface area contributed by atoms with Crippen molar-refractivity contribution >= 4 is 43.1 Å². The molecular weight excluding hydrogens is 314 g/mol. The van der Waals surface area contributed by atoms with Crippen molar-refractivity contribution in [3.8, 4) is 0 Å². The van der Waals surface area contributed by atoms with Crippen molar-refractivity contribution in [3.05, 3.63) is 27.7 Å². The molecule has 2 aromatic rings. The molecule has 0 aliphatic carbocycles. The van der Waals surface area contributed by atoms with E-state index in [4.69, 9.17) is 0 Å². The van der Waals surface area contributed by atoms with Crippen LogP contribution in [0.1, 0.15) is 5.56 Å². The zero-order valence-corrected chi connectivity index (χ0v) is 11.4. The van der Waals surface area contributed by atoms with Crippen molar-refractivity contribution in [3.63, 3.8) is 0 Å². The van der Waals surface area contributed by atoms with Gasteiger partial charge in [-0.05, 0) is 34.3 Å². The zero-order chi connectivity index (χ0) is 11.8. The molecule has 2 heterocycles. The first-order chi connectivity index (χ1) is 7.50. The summed E-state index contributed by atoms with van der Waals surface area (Å²) in [5, 5.41) is 8.05. The van der Waals surface area contributed by atoms with E-state index in [0.29, 0.717) is 10.3 Å². The van der Waals surface area contributed by atoms with E-state index in [0.717, 1.165) is 16.9 Å². The number of aromatic amines is 1. The van der Waals surface area contributed by atoms with Gasteiger partial charge in [-0.25, -0.2) is 8.42 Å². The zero-order valence-electron chi connectivity index (χ0n) is 8.19. The number of nitrogens with zero attached hydrogens (tertiary/aromatic N) is 1. The Morgan fingerprint density at radius 2 is 2.31 bits per heavy atom. The van der Waals surface area contributed by atoms with Crippen LogP contribution in [0.15, 0.2) is 26.3 Å². The van der Waals surface area contributed by atoms with Gasteiger partial charge in [-0.15, -0.1) is 11.3 Å². The van der Waals surface area contributed by atoms with Crippen molar-refractivity contribution in [2.45, 2.75) is 11.1 Å². The second-order valence-electron chi connectivity index (χ2n) is 3.09. The molecule has 0 saturated heterocycles. The highest BCUT2D eigenvalue weighted by Gasteiger charge is 2.20. The summed E-state index contributed by atoms with van der Waals surface area (Å²) in [7, 11) is -3.54. The fraction of sp³-hybridized carbons (Fsp3) is 0.125. The second kappa shape index (κ2) is 4.19. The van der Waals surface area contributed by atoms with Crippen molar-refractivity contribution in [1.29, 1.82) is 0 Å². The number of hydrogen-bond donors (Lipinski definition) is 2. The van der Waals surface area contributed by atoms with Gasteiger partial charge in [0, 0.05) is 10.0 Å². The first-order valence-corrected chi connectivity index (χ1v) is 7.42. The minimum absolute atomic E-state index is 0.251. The van der Waals surface area contributed by atoms with Crippen molar-refractivity contribution in [2.24, 2.45) is 0 Å². The number of nitrogens with one attached hydrogen (secondary N) is 2. The highest BCUT2D eigenvalue weighted by Crippen LogP contribution is 2.29. The van der Waals surface area contributed by atoms with E-state index in [1.54, 1.807) is 24.6 Å². The SMILES string of the molecule is Cc1cn[nH]c1NS(=O)(=O)c1sccc1Br. The molecule has 0 amide bonds. The van der Waals surface area contributed by atoms with E-state index in [-0.39, 0.29) is 4.21 Å². The maximum Gasteiger partial charge on any atom is 0.273 e. The van der Waals surface area contributed by atoms with Crippen LogP contribution in [-0.2, 0) is 10.0 Å².